The highest BCUT2D eigenvalue weighted by molar-refractivity contribution is 5.99. The van der Waals surface area contributed by atoms with Crippen LogP contribution < -0.4 is 14.4 Å². The van der Waals surface area contributed by atoms with Gasteiger partial charge >= 0.3 is 0 Å². The van der Waals surface area contributed by atoms with Gasteiger partial charge in [-0.2, -0.15) is 0 Å². The SMILES string of the molecule is CC(=NOCC(=O)N1CCc2ccccc21)c1ccc2c(c1)OCO2. The summed E-state index contributed by atoms with van der Waals surface area (Å²) in [5.74, 6) is 1.32. The van der Waals surface area contributed by atoms with E-state index in [-0.39, 0.29) is 19.3 Å². The third-order valence-corrected chi connectivity index (χ3v) is 4.37. The summed E-state index contributed by atoms with van der Waals surface area (Å²) in [7, 11) is 0. The van der Waals surface area contributed by atoms with Crippen molar-refractivity contribution in [2.45, 2.75) is 13.3 Å². The number of benzene rings is 2. The van der Waals surface area contributed by atoms with E-state index in [0.717, 1.165) is 23.4 Å². The Bertz CT molecular complexity index is 847. The largest absolute Gasteiger partial charge is 0.454 e. The van der Waals surface area contributed by atoms with E-state index in [1.54, 1.807) is 4.90 Å². The van der Waals surface area contributed by atoms with Crippen LogP contribution in [0.25, 0.3) is 0 Å². The molecule has 4 rings (SSSR count). The lowest BCUT2D eigenvalue weighted by molar-refractivity contribution is -0.122. The summed E-state index contributed by atoms with van der Waals surface area (Å²) in [6.45, 7) is 2.66. The molecule has 0 radical (unpaired) electrons. The molecular formula is C19H18N2O4. The van der Waals surface area contributed by atoms with E-state index in [4.69, 9.17) is 14.3 Å². The van der Waals surface area contributed by atoms with Crippen LogP contribution in [0.5, 0.6) is 11.5 Å². The molecule has 6 heteroatoms. The van der Waals surface area contributed by atoms with Crippen molar-refractivity contribution in [1.82, 2.24) is 0 Å². The van der Waals surface area contributed by atoms with Crippen LogP contribution in [-0.2, 0) is 16.1 Å². The average molecular weight is 338 g/mol. The van der Waals surface area contributed by atoms with E-state index in [1.807, 2.05) is 49.4 Å². The fraction of sp³-hybridized carbons (Fsp3) is 0.263. The molecule has 2 aromatic rings. The molecule has 0 unspecified atom stereocenters. The first-order valence-electron chi connectivity index (χ1n) is 8.17. The van der Waals surface area contributed by atoms with Crippen LogP contribution in [0.1, 0.15) is 18.1 Å². The van der Waals surface area contributed by atoms with Crippen molar-refractivity contribution in [3.63, 3.8) is 0 Å². The maximum Gasteiger partial charge on any atom is 0.267 e. The van der Waals surface area contributed by atoms with Crippen LogP contribution in [0.3, 0.4) is 0 Å². The second kappa shape index (κ2) is 6.47. The van der Waals surface area contributed by atoms with Crippen molar-refractivity contribution >= 4 is 17.3 Å². The molecule has 0 saturated heterocycles. The van der Waals surface area contributed by atoms with Crippen LogP contribution in [0, 0.1) is 0 Å². The Kier molecular flexibility index (Phi) is 4.01. The molecule has 2 aliphatic heterocycles. The third kappa shape index (κ3) is 3.03. The molecule has 0 aliphatic carbocycles. The monoisotopic (exact) mass is 338 g/mol. The van der Waals surface area contributed by atoms with Gasteiger partial charge in [-0.1, -0.05) is 23.4 Å². The number of anilines is 1. The van der Waals surface area contributed by atoms with Crippen molar-refractivity contribution in [3.05, 3.63) is 53.6 Å². The number of amides is 1. The Morgan fingerprint density at radius 2 is 2.04 bits per heavy atom. The fourth-order valence-electron chi connectivity index (χ4n) is 3.03. The molecule has 2 aliphatic rings. The smallest absolute Gasteiger partial charge is 0.267 e. The van der Waals surface area contributed by atoms with Gasteiger partial charge in [0.05, 0.1) is 5.71 Å². The first-order valence-corrected chi connectivity index (χ1v) is 8.17. The number of nitrogens with zero attached hydrogens (tertiary/aromatic N) is 2. The molecule has 0 saturated carbocycles. The molecule has 0 atom stereocenters. The number of carbonyl (C=O) groups excluding carboxylic acids is 1. The minimum absolute atomic E-state index is 0.0871. The Labute approximate surface area is 145 Å². The molecule has 2 aromatic carbocycles. The maximum atomic E-state index is 12.4. The molecule has 0 spiro atoms. The van der Waals surface area contributed by atoms with E-state index in [2.05, 4.69) is 5.16 Å². The normalized spacial score (nSPS) is 15.2. The van der Waals surface area contributed by atoms with Gasteiger partial charge in [-0.15, -0.1) is 0 Å². The number of rotatable bonds is 4. The highest BCUT2D eigenvalue weighted by Crippen LogP contribution is 2.32. The first kappa shape index (κ1) is 15.5. The van der Waals surface area contributed by atoms with Crippen molar-refractivity contribution < 1.29 is 19.1 Å². The summed E-state index contributed by atoms with van der Waals surface area (Å²) in [6, 6.07) is 13.5. The summed E-state index contributed by atoms with van der Waals surface area (Å²) < 4.78 is 10.6. The van der Waals surface area contributed by atoms with Gasteiger partial charge in [0.2, 0.25) is 6.79 Å². The number of hydrogen-bond acceptors (Lipinski definition) is 5. The Hall–Kier alpha value is -3.02. The molecule has 25 heavy (non-hydrogen) atoms. The Balaban J connectivity index is 1.38. The fourth-order valence-corrected chi connectivity index (χ4v) is 3.03. The topological polar surface area (TPSA) is 60.4 Å². The zero-order valence-electron chi connectivity index (χ0n) is 13.9. The minimum atomic E-state index is -0.0906. The Morgan fingerprint density at radius 3 is 2.96 bits per heavy atom. The summed E-state index contributed by atoms with van der Waals surface area (Å²) in [4.78, 5) is 19.4. The van der Waals surface area contributed by atoms with Gasteiger partial charge in [0.25, 0.3) is 5.91 Å². The molecular weight excluding hydrogens is 320 g/mol. The van der Waals surface area contributed by atoms with Crippen molar-refractivity contribution in [2.75, 3.05) is 24.8 Å². The van der Waals surface area contributed by atoms with Crippen molar-refractivity contribution in [2.24, 2.45) is 5.16 Å². The van der Waals surface area contributed by atoms with Crippen molar-refractivity contribution in [1.29, 1.82) is 0 Å². The second-order valence-electron chi connectivity index (χ2n) is 5.94. The Morgan fingerprint density at radius 1 is 1.20 bits per heavy atom. The molecule has 0 fully saturated rings. The molecule has 0 bridgehead atoms. The minimum Gasteiger partial charge on any atom is -0.454 e. The predicted molar refractivity (Wildman–Crippen MR) is 93.2 cm³/mol. The number of ether oxygens (including phenoxy) is 2. The molecule has 0 aromatic heterocycles. The third-order valence-electron chi connectivity index (χ3n) is 4.37. The summed E-state index contributed by atoms with van der Waals surface area (Å²) in [5.41, 5.74) is 3.69. The number of hydrogen-bond donors (Lipinski definition) is 0. The zero-order chi connectivity index (χ0) is 17.2. The molecule has 128 valence electrons. The van der Waals surface area contributed by atoms with Crippen LogP contribution in [0.4, 0.5) is 5.69 Å². The van der Waals surface area contributed by atoms with Gasteiger partial charge in [0, 0.05) is 17.8 Å². The lowest BCUT2D eigenvalue weighted by Gasteiger charge is -2.16. The molecule has 0 N–H and O–H groups in total. The lowest BCUT2D eigenvalue weighted by Crippen LogP contribution is -2.31. The van der Waals surface area contributed by atoms with Gasteiger partial charge in [-0.05, 0) is 43.2 Å². The number of para-hydroxylation sites is 1. The van der Waals surface area contributed by atoms with Crippen LogP contribution in [0.15, 0.2) is 47.6 Å². The summed E-state index contributed by atoms with van der Waals surface area (Å²) >= 11 is 0. The van der Waals surface area contributed by atoms with Gasteiger partial charge in [-0.3, -0.25) is 4.79 Å². The van der Waals surface area contributed by atoms with E-state index >= 15 is 0 Å². The second-order valence-corrected chi connectivity index (χ2v) is 5.94. The zero-order valence-corrected chi connectivity index (χ0v) is 13.9. The van der Waals surface area contributed by atoms with Crippen LogP contribution >= 0.6 is 0 Å². The van der Waals surface area contributed by atoms with Crippen molar-refractivity contribution in [3.8, 4) is 11.5 Å². The van der Waals surface area contributed by atoms with Crippen LogP contribution in [-0.4, -0.2) is 31.6 Å². The van der Waals surface area contributed by atoms with Gasteiger partial charge in [0.15, 0.2) is 18.1 Å². The summed E-state index contributed by atoms with van der Waals surface area (Å²) in [5, 5.41) is 4.06. The van der Waals surface area contributed by atoms with E-state index < -0.39 is 0 Å². The average Bonchev–Trinajstić information content (AvgIpc) is 3.27. The first-order chi connectivity index (χ1) is 12.2. The predicted octanol–water partition coefficient (Wildman–Crippen LogP) is 2.75. The van der Waals surface area contributed by atoms with Crippen LogP contribution in [0.2, 0.25) is 0 Å². The molecule has 6 nitrogen and oxygen atoms in total. The van der Waals surface area contributed by atoms with Gasteiger partial charge in [-0.25, -0.2) is 0 Å². The van der Waals surface area contributed by atoms with E-state index in [9.17, 15) is 4.79 Å². The lowest BCUT2D eigenvalue weighted by atomic mass is 10.1. The summed E-state index contributed by atoms with van der Waals surface area (Å²) in [6.07, 6.45) is 0.876. The van der Waals surface area contributed by atoms with Gasteiger partial charge < -0.3 is 19.2 Å². The molecule has 2 heterocycles. The maximum absolute atomic E-state index is 12.4. The number of oxime groups is 1. The highest BCUT2D eigenvalue weighted by Gasteiger charge is 2.24. The quantitative estimate of drug-likeness (QED) is 0.635. The van der Waals surface area contributed by atoms with E-state index in [1.165, 1.54) is 5.56 Å². The molecule has 1 amide bonds. The highest BCUT2D eigenvalue weighted by atomic mass is 16.7. The standard InChI is InChI=1S/C19H18N2O4/c1-13(15-6-7-17-18(10-15)24-12-23-17)20-25-11-19(22)21-9-8-14-4-2-3-5-16(14)21/h2-7,10H,8-9,11-12H2,1H3. The van der Waals surface area contributed by atoms with Gasteiger partial charge in [0.1, 0.15) is 0 Å². The number of fused-ring (bicyclic) bond motifs is 2. The van der Waals surface area contributed by atoms with E-state index in [0.29, 0.717) is 18.0 Å². The number of carbonyl (C=O) groups is 1.